The van der Waals surface area contributed by atoms with E-state index < -0.39 is 28.3 Å². The minimum Gasteiger partial charge on any atom is -0.495 e. The number of amides is 1. The van der Waals surface area contributed by atoms with Crippen LogP contribution in [0.25, 0.3) is 0 Å². The third-order valence-electron chi connectivity index (χ3n) is 3.24. The van der Waals surface area contributed by atoms with E-state index in [1.807, 2.05) is 0 Å². The number of hydrogen-bond acceptors (Lipinski definition) is 4. The molecule has 0 bridgehead atoms. The maximum Gasteiger partial charge on any atom is 0.245 e. The van der Waals surface area contributed by atoms with Crippen LogP contribution in [0.3, 0.4) is 0 Å². The molecule has 0 fully saturated rings. The Labute approximate surface area is 150 Å². The lowest BCUT2D eigenvalue weighted by molar-refractivity contribution is -0.114. The van der Waals surface area contributed by atoms with Crippen LogP contribution in [0.2, 0.25) is 5.02 Å². The number of nitrogens with zero attached hydrogens (tertiary/aromatic N) is 1. The molecule has 0 aliphatic heterocycles. The Hall–Kier alpha value is -2.32. The zero-order chi connectivity index (χ0) is 18.6. The molecular weight excluding hydrogens is 371 g/mol. The maximum atomic E-state index is 13.0. The minimum absolute atomic E-state index is 0.187. The Morgan fingerprint density at radius 1 is 1.24 bits per heavy atom. The summed E-state index contributed by atoms with van der Waals surface area (Å²) in [5.41, 5.74) is 0.579. The molecule has 134 valence electrons. The fourth-order valence-corrected chi connectivity index (χ4v) is 3.20. The van der Waals surface area contributed by atoms with Gasteiger partial charge in [-0.1, -0.05) is 11.6 Å². The van der Waals surface area contributed by atoms with Gasteiger partial charge in [0.1, 0.15) is 18.1 Å². The molecule has 0 aliphatic rings. The topological polar surface area (TPSA) is 75.7 Å². The summed E-state index contributed by atoms with van der Waals surface area (Å²) < 4.78 is 42.8. The van der Waals surface area contributed by atoms with Gasteiger partial charge in [-0.25, -0.2) is 12.8 Å². The number of methoxy groups -OCH3 is 1. The van der Waals surface area contributed by atoms with Gasteiger partial charge in [-0.2, -0.15) is 0 Å². The number of carbonyl (C=O) groups excluding carboxylic acids is 1. The lowest BCUT2D eigenvalue weighted by atomic mass is 10.3. The second kappa shape index (κ2) is 7.71. The van der Waals surface area contributed by atoms with E-state index in [4.69, 9.17) is 16.3 Å². The van der Waals surface area contributed by atoms with E-state index >= 15 is 0 Å². The smallest absolute Gasteiger partial charge is 0.245 e. The normalized spacial score (nSPS) is 11.0. The van der Waals surface area contributed by atoms with Crippen molar-refractivity contribution < 1.29 is 22.3 Å². The highest BCUT2D eigenvalue weighted by Crippen LogP contribution is 2.27. The lowest BCUT2D eigenvalue weighted by Gasteiger charge is -2.22. The number of rotatable bonds is 6. The van der Waals surface area contributed by atoms with E-state index in [1.54, 1.807) is 12.1 Å². The van der Waals surface area contributed by atoms with E-state index in [9.17, 15) is 17.6 Å². The second-order valence-corrected chi connectivity index (χ2v) is 7.46. The summed E-state index contributed by atoms with van der Waals surface area (Å²) in [6.07, 6.45) is 0.966. The van der Waals surface area contributed by atoms with Crippen molar-refractivity contribution in [3.63, 3.8) is 0 Å². The van der Waals surface area contributed by atoms with Crippen molar-refractivity contribution in [3.8, 4) is 5.75 Å². The molecule has 0 spiro atoms. The first-order valence-electron chi connectivity index (χ1n) is 7.07. The van der Waals surface area contributed by atoms with E-state index in [0.717, 1.165) is 22.7 Å². The molecule has 25 heavy (non-hydrogen) atoms. The molecule has 0 atom stereocenters. The van der Waals surface area contributed by atoms with E-state index in [-0.39, 0.29) is 5.69 Å². The average molecular weight is 387 g/mol. The highest BCUT2D eigenvalue weighted by Gasteiger charge is 2.21. The quantitative estimate of drug-likeness (QED) is 0.828. The second-order valence-electron chi connectivity index (χ2n) is 5.14. The van der Waals surface area contributed by atoms with Crippen molar-refractivity contribution in [3.05, 3.63) is 53.3 Å². The summed E-state index contributed by atoms with van der Waals surface area (Å²) in [6.45, 7) is -0.464. The van der Waals surface area contributed by atoms with Gasteiger partial charge in [0.05, 0.1) is 24.1 Å². The number of nitrogens with one attached hydrogen (secondary N) is 1. The van der Waals surface area contributed by atoms with Crippen LogP contribution >= 0.6 is 11.6 Å². The van der Waals surface area contributed by atoms with Crippen LogP contribution in [0, 0.1) is 5.82 Å². The Kier molecular flexibility index (Phi) is 5.86. The van der Waals surface area contributed by atoms with Crippen molar-refractivity contribution in [2.75, 3.05) is 29.5 Å². The molecule has 0 aliphatic carbocycles. The van der Waals surface area contributed by atoms with Gasteiger partial charge < -0.3 is 10.1 Å². The summed E-state index contributed by atoms with van der Waals surface area (Å²) in [5.74, 6) is -0.630. The van der Waals surface area contributed by atoms with Gasteiger partial charge in [0, 0.05) is 5.69 Å². The van der Waals surface area contributed by atoms with Crippen LogP contribution in [0.4, 0.5) is 15.8 Å². The van der Waals surface area contributed by atoms with Crippen molar-refractivity contribution in [2.45, 2.75) is 0 Å². The third-order valence-corrected chi connectivity index (χ3v) is 4.67. The molecule has 9 heteroatoms. The first-order valence-corrected chi connectivity index (χ1v) is 9.30. The van der Waals surface area contributed by atoms with Crippen molar-refractivity contribution in [2.24, 2.45) is 0 Å². The van der Waals surface area contributed by atoms with Crippen LogP contribution < -0.4 is 14.4 Å². The minimum atomic E-state index is -3.73. The Balaban J connectivity index is 2.17. The molecule has 1 N–H and O–H groups in total. The molecule has 0 unspecified atom stereocenters. The van der Waals surface area contributed by atoms with Crippen LogP contribution in [0.5, 0.6) is 5.75 Å². The highest BCUT2D eigenvalue weighted by molar-refractivity contribution is 7.92. The summed E-state index contributed by atoms with van der Waals surface area (Å²) >= 11 is 5.98. The molecule has 0 saturated heterocycles. The summed E-state index contributed by atoms with van der Waals surface area (Å²) in [4.78, 5) is 12.2. The third kappa shape index (κ3) is 5.07. The van der Waals surface area contributed by atoms with Gasteiger partial charge in [0.15, 0.2) is 0 Å². The number of ether oxygens (including phenoxy) is 1. The van der Waals surface area contributed by atoms with Crippen LogP contribution in [0.1, 0.15) is 0 Å². The Morgan fingerprint density at radius 3 is 2.40 bits per heavy atom. The first kappa shape index (κ1) is 19.0. The van der Waals surface area contributed by atoms with Crippen LogP contribution in [-0.4, -0.2) is 34.2 Å². The zero-order valence-corrected chi connectivity index (χ0v) is 15.1. The molecule has 2 aromatic carbocycles. The summed E-state index contributed by atoms with van der Waals surface area (Å²) in [5, 5.41) is 2.86. The molecule has 0 radical (unpaired) electrons. The number of hydrogen-bond donors (Lipinski definition) is 1. The molecular formula is C16H16ClFN2O4S. The van der Waals surface area contributed by atoms with Gasteiger partial charge in [-0.15, -0.1) is 0 Å². The van der Waals surface area contributed by atoms with Gasteiger partial charge >= 0.3 is 0 Å². The maximum absolute atomic E-state index is 13.0. The van der Waals surface area contributed by atoms with Crippen LogP contribution in [0.15, 0.2) is 42.5 Å². The number of halogens is 2. The molecule has 1 amide bonds. The van der Waals surface area contributed by atoms with Gasteiger partial charge in [-0.3, -0.25) is 9.10 Å². The van der Waals surface area contributed by atoms with Crippen molar-refractivity contribution in [1.82, 2.24) is 0 Å². The predicted molar refractivity (Wildman–Crippen MR) is 95.2 cm³/mol. The monoisotopic (exact) mass is 386 g/mol. The number of anilines is 2. The van der Waals surface area contributed by atoms with Crippen LogP contribution in [-0.2, 0) is 14.8 Å². The van der Waals surface area contributed by atoms with Gasteiger partial charge in [0.25, 0.3) is 0 Å². The lowest BCUT2D eigenvalue weighted by Crippen LogP contribution is -2.37. The number of carbonyl (C=O) groups is 1. The highest BCUT2D eigenvalue weighted by atomic mass is 35.5. The summed E-state index contributed by atoms with van der Waals surface area (Å²) in [7, 11) is -2.27. The first-order chi connectivity index (χ1) is 11.7. The summed E-state index contributed by atoms with van der Waals surface area (Å²) in [6, 6.07) is 9.45. The Bertz CT molecular complexity index is 872. The van der Waals surface area contributed by atoms with E-state index in [2.05, 4.69) is 5.32 Å². The number of sulfonamides is 1. The molecule has 2 rings (SSSR count). The number of benzene rings is 2. The SMILES string of the molecule is COc1ccc(NC(=O)CN(c2ccc(F)cc2)S(C)(=O)=O)cc1Cl. The zero-order valence-electron chi connectivity index (χ0n) is 13.5. The standard InChI is InChI=1S/C16H16ClFN2O4S/c1-24-15-8-5-12(9-14(15)17)19-16(21)10-20(25(2,22)23)13-6-3-11(18)4-7-13/h3-9H,10H2,1-2H3,(H,19,21). The molecule has 0 heterocycles. The molecule has 0 saturated carbocycles. The Morgan fingerprint density at radius 2 is 1.88 bits per heavy atom. The van der Waals surface area contributed by atoms with E-state index in [1.165, 1.54) is 25.3 Å². The van der Waals surface area contributed by atoms with Gasteiger partial charge in [0.2, 0.25) is 15.9 Å². The van der Waals surface area contributed by atoms with Crippen molar-refractivity contribution >= 4 is 38.9 Å². The van der Waals surface area contributed by atoms with Gasteiger partial charge in [-0.05, 0) is 42.5 Å². The van der Waals surface area contributed by atoms with Crippen molar-refractivity contribution in [1.29, 1.82) is 0 Å². The largest absolute Gasteiger partial charge is 0.495 e. The molecule has 2 aromatic rings. The molecule has 6 nitrogen and oxygen atoms in total. The predicted octanol–water partition coefficient (Wildman–Crippen LogP) is 2.89. The fourth-order valence-electron chi connectivity index (χ4n) is 2.08. The fraction of sp³-hybridized carbons (Fsp3) is 0.188. The average Bonchev–Trinajstić information content (AvgIpc) is 2.53. The van der Waals surface area contributed by atoms with E-state index in [0.29, 0.717) is 16.5 Å². The molecule has 0 aromatic heterocycles.